The van der Waals surface area contributed by atoms with Gasteiger partial charge >= 0.3 is 23.9 Å². The summed E-state index contributed by atoms with van der Waals surface area (Å²) in [6.45, 7) is 7.48. The summed E-state index contributed by atoms with van der Waals surface area (Å²) in [5.41, 5.74) is 1.64. The van der Waals surface area contributed by atoms with Crippen LogP contribution < -0.4 is 4.74 Å². The molecule has 1 atom stereocenters. The van der Waals surface area contributed by atoms with Crippen molar-refractivity contribution < 1.29 is 19.1 Å². The number of carbonyl (C=O) groups excluding carboxylic acids is 3. The molecule has 0 N–H and O–H groups in total. The van der Waals surface area contributed by atoms with Crippen molar-refractivity contribution >= 4 is 17.8 Å². The second kappa shape index (κ2) is 7.89. The Morgan fingerprint density at radius 1 is 1.15 bits per heavy atom. The molecule has 2 saturated heterocycles. The van der Waals surface area contributed by atoms with E-state index >= 15 is 0 Å². The molecule has 2 aliphatic heterocycles. The van der Waals surface area contributed by atoms with Crippen molar-refractivity contribution in [3.05, 3.63) is 17.5 Å². The van der Waals surface area contributed by atoms with Crippen molar-refractivity contribution in [3.8, 4) is 6.01 Å². The van der Waals surface area contributed by atoms with Crippen LogP contribution >= 0.6 is 0 Å². The van der Waals surface area contributed by atoms with E-state index < -0.39 is 17.8 Å². The number of aryl methyl sites for hydroxylation is 2. The number of urea groups is 1. The Morgan fingerprint density at radius 3 is 2.52 bits per heavy atom. The van der Waals surface area contributed by atoms with E-state index in [-0.39, 0.29) is 12.6 Å². The van der Waals surface area contributed by atoms with Gasteiger partial charge in [-0.05, 0) is 39.7 Å². The molecule has 1 aromatic rings. The van der Waals surface area contributed by atoms with Crippen molar-refractivity contribution in [2.75, 3.05) is 32.7 Å². The molecule has 2 aliphatic rings. The maximum absolute atomic E-state index is 12.8. The van der Waals surface area contributed by atoms with E-state index in [2.05, 4.69) is 9.97 Å². The van der Waals surface area contributed by atoms with Crippen LogP contribution in [0.1, 0.15) is 31.2 Å². The molecule has 1 unspecified atom stereocenters. The fourth-order valence-electron chi connectivity index (χ4n) is 3.43. The first-order chi connectivity index (χ1) is 12.9. The van der Waals surface area contributed by atoms with Gasteiger partial charge in [-0.1, -0.05) is 0 Å². The van der Waals surface area contributed by atoms with Gasteiger partial charge in [0.2, 0.25) is 0 Å². The summed E-state index contributed by atoms with van der Waals surface area (Å²) >= 11 is 0. The predicted molar refractivity (Wildman–Crippen MR) is 96.1 cm³/mol. The summed E-state index contributed by atoms with van der Waals surface area (Å²) in [5, 5.41) is 0. The molecule has 0 saturated carbocycles. The number of ether oxygens (including phenoxy) is 1. The molecule has 0 radical (unpaired) electrons. The van der Waals surface area contributed by atoms with Crippen LogP contribution in [-0.2, 0) is 9.59 Å². The highest BCUT2D eigenvalue weighted by Gasteiger charge is 2.38. The van der Waals surface area contributed by atoms with Gasteiger partial charge in [0, 0.05) is 37.6 Å². The number of imide groups is 1. The first-order valence-electron chi connectivity index (χ1n) is 9.27. The van der Waals surface area contributed by atoms with Crippen LogP contribution in [0.2, 0.25) is 0 Å². The maximum atomic E-state index is 12.8. The lowest BCUT2D eigenvalue weighted by Crippen LogP contribution is -2.60. The van der Waals surface area contributed by atoms with Gasteiger partial charge in [-0.3, -0.25) is 14.5 Å². The molecular weight excluding hydrogens is 350 g/mol. The van der Waals surface area contributed by atoms with Crippen LogP contribution in [0.5, 0.6) is 6.01 Å². The Bertz CT molecular complexity index is 733. The third-order valence-electron chi connectivity index (χ3n) is 4.80. The molecular formula is C18H25N5O4. The second-order valence-corrected chi connectivity index (χ2v) is 6.89. The number of aromatic nitrogens is 2. The first-order valence-corrected chi connectivity index (χ1v) is 9.27. The van der Waals surface area contributed by atoms with Crippen LogP contribution in [0, 0.1) is 13.8 Å². The van der Waals surface area contributed by atoms with Gasteiger partial charge in [-0.2, -0.15) is 0 Å². The lowest BCUT2D eigenvalue weighted by Gasteiger charge is -2.38. The van der Waals surface area contributed by atoms with Gasteiger partial charge in [0.1, 0.15) is 6.10 Å². The van der Waals surface area contributed by atoms with Crippen molar-refractivity contribution in [2.24, 2.45) is 0 Å². The zero-order valence-electron chi connectivity index (χ0n) is 16.0. The normalized spacial score (nSPS) is 20.9. The Morgan fingerprint density at radius 2 is 1.85 bits per heavy atom. The van der Waals surface area contributed by atoms with Crippen LogP contribution in [0.15, 0.2) is 6.07 Å². The SMILES string of the molecule is CCN1CCN(C(=O)N2CCCC(Oc3nc(C)cc(C)n3)C2)C(=O)C1=O. The van der Waals surface area contributed by atoms with E-state index in [0.717, 1.165) is 29.1 Å². The van der Waals surface area contributed by atoms with Crippen molar-refractivity contribution in [1.29, 1.82) is 0 Å². The Balaban J connectivity index is 1.64. The lowest BCUT2D eigenvalue weighted by atomic mass is 10.1. The molecule has 9 nitrogen and oxygen atoms in total. The van der Waals surface area contributed by atoms with Crippen LogP contribution in [0.25, 0.3) is 0 Å². The first kappa shape index (κ1) is 19.1. The van der Waals surface area contributed by atoms with Crippen LogP contribution in [0.4, 0.5) is 4.79 Å². The highest BCUT2D eigenvalue weighted by atomic mass is 16.5. The summed E-state index contributed by atoms with van der Waals surface area (Å²) in [6, 6.07) is 1.73. The van der Waals surface area contributed by atoms with Gasteiger partial charge in [0.25, 0.3) is 0 Å². The van der Waals surface area contributed by atoms with Gasteiger partial charge in [0.15, 0.2) is 0 Å². The zero-order valence-corrected chi connectivity index (χ0v) is 16.0. The van der Waals surface area contributed by atoms with Crippen molar-refractivity contribution in [2.45, 2.75) is 39.7 Å². The number of carbonyl (C=O) groups is 3. The molecule has 27 heavy (non-hydrogen) atoms. The number of likely N-dealkylation sites (tertiary alicyclic amines) is 1. The molecule has 4 amide bonds. The average Bonchev–Trinajstić information content (AvgIpc) is 2.63. The number of likely N-dealkylation sites (N-methyl/N-ethyl adjacent to an activating group) is 1. The number of rotatable bonds is 3. The summed E-state index contributed by atoms with van der Waals surface area (Å²) in [4.78, 5) is 49.7. The molecule has 1 aromatic heterocycles. The molecule has 2 fully saturated rings. The van der Waals surface area contributed by atoms with Gasteiger partial charge in [-0.15, -0.1) is 0 Å². The van der Waals surface area contributed by atoms with Crippen LogP contribution in [0.3, 0.4) is 0 Å². The summed E-state index contributed by atoms with van der Waals surface area (Å²) < 4.78 is 5.87. The number of piperazine rings is 1. The number of amides is 4. The highest BCUT2D eigenvalue weighted by molar-refractivity contribution is 6.38. The fraction of sp³-hybridized carbons (Fsp3) is 0.611. The van der Waals surface area contributed by atoms with E-state index in [1.807, 2.05) is 26.8 Å². The molecule has 0 aliphatic carbocycles. The van der Waals surface area contributed by atoms with Gasteiger partial charge in [-0.25, -0.2) is 14.8 Å². The van der Waals surface area contributed by atoms with Crippen molar-refractivity contribution in [3.63, 3.8) is 0 Å². The highest BCUT2D eigenvalue weighted by Crippen LogP contribution is 2.18. The Labute approximate surface area is 158 Å². The smallest absolute Gasteiger partial charge is 0.327 e. The topological polar surface area (TPSA) is 95.9 Å². The molecule has 0 spiro atoms. The second-order valence-electron chi connectivity index (χ2n) is 6.89. The summed E-state index contributed by atoms with van der Waals surface area (Å²) in [7, 11) is 0. The van der Waals surface area contributed by atoms with Gasteiger partial charge in [0.05, 0.1) is 6.54 Å². The fourth-order valence-corrected chi connectivity index (χ4v) is 3.43. The summed E-state index contributed by atoms with van der Waals surface area (Å²) in [6.07, 6.45) is 1.28. The van der Waals surface area contributed by atoms with E-state index in [4.69, 9.17) is 4.74 Å². The molecule has 0 aromatic carbocycles. The summed E-state index contributed by atoms with van der Waals surface area (Å²) in [5.74, 6) is -1.38. The molecule has 0 bridgehead atoms. The monoisotopic (exact) mass is 375 g/mol. The average molecular weight is 375 g/mol. The standard InChI is InChI=1S/C18H25N5O4/c1-4-21-8-9-23(16(25)15(21)24)18(26)22-7-5-6-14(11-22)27-17-19-12(2)10-13(3)20-17/h10,14H,4-9,11H2,1-3H3. The third-order valence-corrected chi connectivity index (χ3v) is 4.80. The molecule has 9 heteroatoms. The zero-order chi connectivity index (χ0) is 19.6. The van der Waals surface area contributed by atoms with E-state index in [1.165, 1.54) is 4.90 Å². The quantitative estimate of drug-likeness (QED) is 0.724. The number of nitrogens with zero attached hydrogens (tertiary/aromatic N) is 5. The maximum Gasteiger partial charge on any atom is 0.327 e. The largest absolute Gasteiger partial charge is 0.458 e. The minimum Gasteiger partial charge on any atom is -0.458 e. The van der Waals surface area contributed by atoms with Gasteiger partial charge < -0.3 is 14.5 Å². The van der Waals surface area contributed by atoms with E-state index in [1.54, 1.807) is 4.90 Å². The number of hydrogen-bond donors (Lipinski definition) is 0. The third kappa shape index (κ3) is 4.17. The Hall–Kier alpha value is -2.71. The lowest BCUT2D eigenvalue weighted by molar-refractivity contribution is -0.154. The van der Waals surface area contributed by atoms with Crippen molar-refractivity contribution in [1.82, 2.24) is 24.7 Å². The predicted octanol–water partition coefficient (Wildman–Crippen LogP) is 0.747. The molecule has 3 heterocycles. The Kier molecular flexibility index (Phi) is 5.57. The molecule has 146 valence electrons. The number of piperidine rings is 1. The number of hydrogen-bond acceptors (Lipinski definition) is 6. The molecule has 3 rings (SSSR count). The minimum absolute atomic E-state index is 0.222. The van der Waals surface area contributed by atoms with Crippen LogP contribution in [-0.4, -0.2) is 81.3 Å². The minimum atomic E-state index is -0.756. The van der Waals surface area contributed by atoms with E-state index in [9.17, 15) is 14.4 Å². The van der Waals surface area contributed by atoms with E-state index in [0.29, 0.717) is 32.2 Å².